The Morgan fingerprint density at radius 3 is 2.15 bits per heavy atom. The Morgan fingerprint density at radius 2 is 1.62 bits per heavy atom. The van der Waals surface area contributed by atoms with Crippen molar-refractivity contribution in [2.24, 2.45) is 0 Å². The largest absolute Gasteiger partial charge is 0.300 e. The van der Waals surface area contributed by atoms with E-state index in [2.05, 4.69) is 32.4 Å². The second-order valence-corrected chi connectivity index (χ2v) is 4.89. The Labute approximate surface area is 94.8 Å². The molecule has 3 heteroatoms. The fourth-order valence-corrected chi connectivity index (χ4v) is 3.19. The fourth-order valence-electron chi connectivity index (χ4n) is 2.51. The van der Waals surface area contributed by atoms with Gasteiger partial charge in [0.25, 0.3) is 0 Å². The fraction of sp³-hybridized carbons (Fsp3) is 1.00. The number of alkyl halides is 1. The first-order valence-corrected chi connectivity index (χ1v) is 6.95. The van der Waals surface area contributed by atoms with Gasteiger partial charge in [0.1, 0.15) is 0 Å². The van der Waals surface area contributed by atoms with Gasteiger partial charge in [-0.2, -0.15) is 0 Å². The normalized spacial score (nSPS) is 28.4. The second-order valence-electron chi connectivity index (χ2n) is 4.21. The van der Waals surface area contributed by atoms with E-state index in [0.717, 1.165) is 6.04 Å². The Bertz CT molecular complexity index is 149. The molecule has 2 rings (SSSR count). The number of piperidine rings is 1. The van der Waals surface area contributed by atoms with E-state index in [1.165, 1.54) is 56.4 Å². The van der Waals surface area contributed by atoms with E-state index in [9.17, 15) is 0 Å². The molecular formula is C10H19IN2. The van der Waals surface area contributed by atoms with Gasteiger partial charge in [-0.25, -0.2) is 0 Å². The number of rotatable bonds is 2. The van der Waals surface area contributed by atoms with Crippen LogP contribution in [0.3, 0.4) is 0 Å². The topological polar surface area (TPSA) is 6.48 Å². The molecule has 0 radical (unpaired) electrons. The lowest BCUT2D eigenvalue weighted by molar-refractivity contribution is 0.142. The lowest BCUT2D eigenvalue weighted by Gasteiger charge is -2.35. The third-order valence-electron chi connectivity index (χ3n) is 3.38. The first kappa shape index (κ1) is 10.2. The molecule has 13 heavy (non-hydrogen) atoms. The molecule has 0 N–H and O–H groups in total. The Kier molecular flexibility index (Phi) is 3.86. The molecule has 0 amide bonds. The van der Waals surface area contributed by atoms with Crippen LogP contribution in [-0.2, 0) is 0 Å². The van der Waals surface area contributed by atoms with Crippen molar-refractivity contribution in [2.45, 2.75) is 31.7 Å². The minimum atomic E-state index is 0.918. The highest BCUT2D eigenvalue weighted by molar-refractivity contribution is 14.1. The van der Waals surface area contributed by atoms with E-state index in [-0.39, 0.29) is 0 Å². The minimum absolute atomic E-state index is 0.918. The summed E-state index contributed by atoms with van der Waals surface area (Å²) in [7, 11) is 0. The smallest absolute Gasteiger partial charge is 0.0505 e. The van der Waals surface area contributed by atoms with Crippen LogP contribution < -0.4 is 0 Å². The van der Waals surface area contributed by atoms with Gasteiger partial charge in [0.15, 0.2) is 0 Å². The van der Waals surface area contributed by atoms with Crippen molar-refractivity contribution in [3.8, 4) is 0 Å². The van der Waals surface area contributed by atoms with E-state index in [1.54, 1.807) is 0 Å². The number of halogens is 1. The van der Waals surface area contributed by atoms with Crippen LogP contribution in [-0.4, -0.2) is 46.6 Å². The molecule has 0 spiro atoms. The highest BCUT2D eigenvalue weighted by Crippen LogP contribution is 2.21. The van der Waals surface area contributed by atoms with Crippen molar-refractivity contribution in [1.29, 1.82) is 0 Å². The first-order chi connectivity index (χ1) is 6.40. The average Bonchev–Trinajstić information content (AvgIpc) is 2.71. The summed E-state index contributed by atoms with van der Waals surface area (Å²) in [4.78, 5) is 5.28. The zero-order valence-corrected chi connectivity index (χ0v) is 10.4. The Hall–Kier alpha value is 0.650. The van der Waals surface area contributed by atoms with Crippen LogP contribution in [0.2, 0.25) is 0 Å². The molecule has 0 aromatic heterocycles. The molecule has 0 aromatic carbocycles. The van der Waals surface area contributed by atoms with Gasteiger partial charge in [0.05, 0.1) is 4.55 Å². The number of hydrogen-bond acceptors (Lipinski definition) is 2. The maximum atomic E-state index is 2.71. The molecule has 2 saturated heterocycles. The number of hydrogen-bond donors (Lipinski definition) is 0. The van der Waals surface area contributed by atoms with Gasteiger partial charge < -0.3 is 4.90 Å². The zero-order chi connectivity index (χ0) is 9.10. The van der Waals surface area contributed by atoms with E-state index < -0.39 is 0 Å². The van der Waals surface area contributed by atoms with E-state index in [0.29, 0.717) is 0 Å². The van der Waals surface area contributed by atoms with Crippen LogP contribution in [0.15, 0.2) is 0 Å². The van der Waals surface area contributed by atoms with Crippen molar-refractivity contribution < 1.29 is 0 Å². The summed E-state index contributed by atoms with van der Waals surface area (Å²) in [5.74, 6) is 0. The van der Waals surface area contributed by atoms with Crippen molar-refractivity contribution in [2.75, 3.05) is 30.7 Å². The van der Waals surface area contributed by atoms with E-state index in [1.807, 2.05) is 0 Å². The average molecular weight is 294 g/mol. The summed E-state index contributed by atoms with van der Waals surface area (Å²) in [5.41, 5.74) is 0. The zero-order valence-electron chi connectivity index (χ0n) is 8.21. The van der Waals surface area contributed by atoms with Gasteiger partial charge in [0, 0.05) is 19.1 Å². The molecule has 2 nitrogen and oxygen atoms in total. The molecule has 0 bridgehead atoms. The Morgan fingerprint density at radius 1 is 1.00 bits per heavy atom. The van der Waals surface area contributed by atoms with Gasteiger partial charge >= 0.3 is 0 Å². The lowest BCUT2D eigenvalue weighted by atomic mass is 10.0. The number of nitrogens with zero attached hydrogens (tertiary/aromatic N) is 2. The highest BCUT2D eigenvalue weighted by Gasteiger charge is 2.25. The van der Waals surface area contributed by atoms with E-state index >= 15 is 0 Å². The molecule has 76 valence electrons. The first-order valence-electron chi connectivity index (χ1n) is 5.42. The third kappa shape index (κ3) is 2.57. The minimum Gasteiger partial charge on any atom is -0.300 e. The lowest BCUT2D eigenvalue weighted by Crippen LogP contribution is -2.43. The summed E-state index contributed by atoms with van der Waals surface area (Å²) < 4.78 is 1.21. The van der Waals surface area contributed by atoms with Crippen LogP contribution in [0.4, 0.5) is 0 Å². The molecule has 0 atom stereocenters. The van der Waals surface area contributed by atoms with Gasteiger partial charge in [-0.05, 0) is 38.8 Å². The highest BCUT2D eigenvalue weighted by atomic mass is 127. The quantitative estimate of drug-likeness (QED) is 0.436. The maximum absolute atomic E-state index is 2.71. The second kappa shape index (κ2) is 4.94. The van der Waals surface area contributed by atoms with Crippen molar-refractivity contribution in [3.63, 3.8) is 0 Å². The van der Waals surface area contributed by atoms with Crippen LogP contribution >= 0.6 is 22.6 Å². The molecule has 2 fully saturated rings. The van der Waals surface area contributed by atoms with Crippen LogP contribution in [0.25, 0.3) is 0 Å². The van der Waals surface area contributed by atoms with Gasteiger partial charge in [-0.3, -0.25) is 4.90 Å². The maximum Gasteiger partial charge on any atom is 0.0505 e. The van der Waals surface area contributed by atoms with Gasteiger partial charge in [0.2, 0.25) is 0 Å². The molecule has 0 unspecified atom stereocenters. The summed E-state index contributed by atoms with van der Waals surface area (Å²) in [5, 5.41) is 0. The molecular weight excluding hydrogens is 275 g/mol. The van der Waals surface area contributed by atoms with Crippen LogP contribution in [0.5, 0.6) is 0 Å². The van der Waals surface area contributed by atoms with E-state index in [4.69, 9.17) is 0 Å². The summed E-state index contributed by atoms with van der Waals surface area (Å²) >= 11 is 2.47. The molecule has 0 saturated carbocycles. The van der Waals surface area contributed by atoms with Gasteiger partial charge in [-0.15, -0.1) is 0 Å². The Balaban J connectivity index is 1.77. The molecule has 0 aromatic rings. The standard InChI is InChI=1S/C10H19IN2/c11-9-12-7-3-10(4-8-12)13-5-1-2-6-13/h10H,1-9H2. The summed E-state index contributed by atoms with van der Waals surface area (Å²) in [6, 6.07) is 0.918. The molecule has 2 heterocycles. The monoisotopic (exact) mass is 294 g/mol. The van der Waals surface area contributed by atoms with Crippen LogP contribution in [0, 0.1) is 0 Å². The summed E-state index contributed by atoms with van der Waals surface area (Å²) in [6.07, 6.45) is 5.69. The van der Waals surface area contributed by atoms with Crippen LogP contribution in [0.1, 0.15) is 25.7 Å². The predicted molar refractivity (Wildman–Crippen MR) is 64.3 cm³/mol. The van der Waals surface area contributed by atoms with Crippen molar-refractivity contribution in [3.05, 3.63) is 0 Å². The van der Waals surface area contributed by atoms with Crippen molar-refractivity contribution in [1.82, 2.24) is 9.80 Å². The third-order valence-corrected chi connectivity index (χ3v) is 4.35. The number of likely N-dealkylation sites (tertiary alicyclic amines) is 2. The SMILES string of the molecule is ICN1CCC(N2CCCC2)CC1. The predicted octanol–water partition coefficient (Wildman–Crippen LogP) is 1.94. The molecule has 0 aliphatic carbocycles. The molecule has 2 aliphatic heterocycles. The molecule has 2 aliphatic rings. The van der Waals surface area contributed by atoms with Gasteiger partial charge in [-0.1, -0.05) is 22.6 Å². The van der Waals surface area contributed by atoms with Crippen molar-refractivity contribution >= 4 is 22.6 Å². The summed E-state index contributed by atoms with van der Waals surface area (Å²) in [6.45, 7) is 5.39.